The van der Waals surface area contributed by atoms with Crippen molar-refractivity contribution in [3.05, 3.63) is 59.4 Å². The lowest BCUT2D eigenvalue weighted by molar-refractivity contribution is 0.186. The topological polar surface area (TPSA) is 136 Å². The number of hydrogen-bond acceptors (Lipinski definition) is 9. The first-order valence-electron chi connectivity index (χ1n) is 8.95. The Morgan fingerprint density at radius 1 is 1.27 bits per heavy atom. The molecule has 0 unspecified atom stereocenters. The first-order chi connectivity index (χ1) is 14.6. The van der Waals surface area contributed by atoms with Gasteiger partial charge in [-0.1, -0.05) is 0 Å². The Labute approximate surface area is 176 Å². The van der Waals surface area contributed by atoms with Gasteiger partial charge in [-0.3, -0.25) is 0 Å². The monoisotopic (exact) mass is 419 g/mol. The molecule has 1 atom stereocenters. The lowest BCUT2D eigenvalue weighted by atomic mass is 10.1. The summed E-state index contributed by atoms with van der Waals surface area (Å²) in [5.41, 5.74) is 7.73. The van der Waals surface area contributed by atoms with Gasteiger partial charge in [-0.2, -0.15) is 10.4 Å². The van der Waals surface area contributed by atoms with Crippen molar-refractivity contribution >= 4 is 11.3 Å². The molecule has 0 aliphatic heterocycles. The molecule has 0 spiro atoms. The number of aryl methyl sites for hydroxylation is 1. The summed E-state index contributed by atoms with van der Waals surface area (Å²) in [7, 11) is 1.76. The summed E-state index contributed by atoms with van der Waals surface area (Å²) in [6.07, 6.45) is 3.93. The molecule has 1 aromatic carbocycles. The molecule has 0 radical (unpaired) electrons. The molecule has 150 valence electrons. The van der Waals surface area contributed by atoms with Crippen molar-refractivity contribution in [2.45, 2.75) is 6.10 Å². The lowest BCUT2D eigenvalue weighted by Gasteiger charge is -2.12. The van der Waals surface area contributed by atoms with Crippen molar-refractivity contribution in [1.29, 1.82) is 5.26 Å². The zero-order chi connectivity index (χ0) is 21.1. The molecule has 4 rings (SSSR count). The van der Waals surface area contributed by atoms with E-state index < -0.39 is 6.10 Å². The molecule has 3 heterocycles. The number of nitrogens with two attached hydrogens (primary N) is 1. The third kappa shape index (κ3) is 3.90. The van der Waals surface area contributed by atoms with E-state index in [1.807, 2.05) is 5.38 Å². The minimum absolute atomic E-state index is 0.0792. The van der Waals surface area contributed by atoms with Crippen molar-refractivity contribution in [3.63, 3.8) is 0 Å². The number of aliphatic hydroxyl groups excluding tert-OH is 1. The second-order valence-corrected chi connectivity index (χ2v) is 7.24. The second kappa shape index (κ2) is 8.38. The molecule has 0 saturated carbocycles. The van der Waals surface area contributed by atoms with Gasteiger partial charge < -0.3 is 15.6 Å². The van der Waals surface area contributed by atoms with E-state index in [0.29, 0.717) is 39.8 Å². The highest BCUT2D eigenvalue weighted by molar-refractivity contribution is 7.13. The number of nitriles is 1. The summed E-state index contributed by atoms with van der Waals surface area (Å²) in [6.45, 7) is 0.0792. The molecule has 0 bridgehead atoms. The molecule has 4 aromatic rings. The van der Waals surface area contributed by atoms with Crippen molar-refractivity contribution in [3.8, 4) is 39.8 Å². The number of nitrogens with zero attached hydrogens (tertiary/aromatic N) is 6. The number of hydrogen-bond donors (Lipinski definition) is 2. The van der Waals surface area contributed by atoms with Gasteiger partial charge in [0.25, 0.3) is 0 Å². The highest BCUT2D eigenvalue weighted by Crippen LogP contribution is 2.34. The number of benzene rings is 1. The molecule has 0 amide bonds. The average molecular weight is 419 g/mol. The first kappa shape index (κ1) is 19.7. The van der Waals surface area contributed by atoms with Gasteiger partial charge in [0.1, 0.15) is 16.5 Å². The first-order valence-corrected chi connectivity index (χ1v) is 9.83. The van der Waals surface area contributed by atoms with Crippen molar-refractivity contribution < 1.29 is 9.84 Å². The van der Waals surface area contributed by atoms with E-state index in [9.17, 15) is 10.4 Å². The van der Waals surface area contributed by atoms with Gasteiger partial charge in [-0.25, -0.2) is 19.6 Å². The zero-order valence-corrected chi connectivity index (χ0v) is 16.7. The van der Waals surface area contributed by atoms with E-state index in [0.717, 1.165) is 5.01 Å². The minimum atomic E-state index is -0.825. The van der Waals surface area contributed by atoms with Gasteiger partial charge in [0.05, 0.1) is 23.3 Å². The van der Waals surface area contributed by atoms with Crippen LogP contribution in [0.1, 0.15) is 17.2 Å². The fourth-order valence-corrected chi connectivity index (χ4v) is 3.35. The molecule has 30 heavy (non-hydrogen) atoms. The Morgan fingerprint density at radius 3 is 2.73 bits per heavy atom. The number of thiazole rings is 1. The maximum absolute atomic E-state index is 9.84. The Bertz CT molecular complexity index is 1200. The molecule has 3 N–H and O–H groups in total. The van der Waals surface area contributed by atoms with Crippen LogP contribution in [0.3, 0.4) is 0 Å². The van der Waals surface area contributed by atoms with E-state index in [-0.39, 0.29) is 6.54 Å². The summed E-state index contributed by atoms with van der Waals surface area (Å²) in [5, 5.41) is 26.2. The molecule has 0 aliphatic carbocycles. The Hall–Kier alpha value is -3.65. The maximum Gasteiger partial charge on any atom is 0.218 e. The average Bonchev–Trinajstić information content (AvgIpc) is 3.43. The van der Waals surface area contributed by atoms with Crippen LogP contribution in [0, 0.1) is 11.3 Å². The number of ether oxygens (including phenoxy) is 1. The van der Waals surface area contributed by atoms with Crippen molar-refractivity contribution in [2.24, 2.45) is 12.8 Å². The van der Waals surface area contributed by atoms with E-state index in [4.69, 9.17) is 10.5 Å². The summed E-state index contributed by atoms with van der Waals surface area (Å²) in [4.78, 5) is 12.9. The quantitative estimate of drug-likeness (QED) is 0.487. The van der Waals surface area contributed by atoms with E-state index in [1.165, 1.54) is 23.7 Å². The molecule has 0 aliphatic rings. The smallest absolute Gasteiger partial charge is 0.218 e. The summed E-state index contributed by atoms with van der Waals surface area (Å²) < 4.78 is 7.69. The molecule has 0 saturated heterocycles. The minimum Gasteiger partial charge on any atom is -0.438 e. The molecular formula is C20H17N7O2S. The fraction of sp³-hybridized carbons (Fsp3) is 0.150. The highest BCUT2D eigenvalue weighted by Gasteiger charge is 2.16. The van der Waals surface area contributed by atoms with Crippen LogP contribution < -0.4 is 10.5 Å². The second-order valence-electron chi connectivity index (χ2n) is 6.34. The van der Waals surface area contributed by atoms with Crippen LogP contribution in [-0.2, 0) is 7.05 Å². The predicted molar refractivity (Wildman–Crippen MR) is 111 cm³/mol. The van der Waals surface area contributed by atoms with Gasteiger partial charge in [-0.15, -0.1) is 11.3 Å². The normalized spacial score (nSPS) is 11.8. The van der Waals surface area contributed by atoms with Crippen molar-refractivity contribution in [2.75, 3.05) is 6.54 Å². The predicted octanol–water partition coefficient (Wildman–Crippen LogP) is 2.66. The van der Waals surface area contributed by atoms with Crippen molar-refractivity contribution in [1.82, 2.24) is 24.7 Å². The number of aromatic nitrogens is 5. The Kier molecular flexibility index (Phi) is 5.49. The van der Waals surface area contributed by atoms with Crippen LogP contribution in [0.5, 0.6) is 11.6 Å². The fourth-order valence-electron chi connectivity index (χ4n) is 2.76. The van der Waals surface area contributed by atoms with Crippen LogP contribution in [0.15, 0.2) is 48.2 Å². The van der Waals surface area contributed by atoms with E-state index in [2.05, 4.69) is 26.1 Å². The van der Waals surface area contributed by atoms with Gasteiger partial charge in [-0.05, 0) is 18.2 Å². The van der Waals surface area contributed by atoms with Gasteiger partial charge >= 0.3 is 0 Å². The van der Waals surface area contributed by atoms with Gasteiger partial charge in [0, 0.05) is 49.2 Å². The Morgan fingerprint density at radius 2 is 2.07 bits per heavy atom. The zero-order valence-electron chi connectivity index (χ0n) is 15.9. The van der Waals surface area contributed by atoms with E-state index in [1.54, 1.807) is 42.2 Å². The number of rotatable bonds is 6. The number of aliphatic hydroxyl groups is 1. The van der Waals surface area contributed by atoms with Crippen LogP contribution >= 0.6 is 11.3 Å². The van der Waals surface area contributed by atoms with Crippen LogP contribution in [-0.4, -0.2) is 36.4 Å². The molecular weight excluding hydrogens is 402 g/mol. The third-order valence-electron chi connectivity index (χ3n) is 4.33. The molecule has 0 fully saturated rings. The third-order valence-corrected chi connectivity index (χ3v) is 5.13. The highest BCUT2D eigenvalue weighted by atomic mass is 32.1. The lowest BCUT2D eigenvalue weighted by Crippen LogP contribution is -2.12. The summed E-state index contributed by atoms with van der Waals surface area (Å²) >= 11 is 1.48. The van der Waals surface area contributed by atoms with Crippen LogP contribution in [0.2, 0.25) is 0 Å². The molecule has 3 aromatic heterocycles. The van der Waals surface area contributed by atoms with Crippen LogP contribution in [0.4, 0.5) is 0 Å². The standard InChI is InChI=1S/C20H17N7O2S/c1-27-18(7-15(26-27)20-23-4-5-30-20)29-17-6-12(8-21)2-3-14(17)19-24-10-13(11-25-19)16(28)9-22/h2-7,10-11,16,28H,9,22H2,1H3/t16-/m1/s1. The summed E-state index contributed by atoms with van der Waals surface area (Å²) in [6, 6.07) is 8.90. The maximum atomic E-state index is 9.84. The van der Waals surface area contributed by atoms with Gasteiger partial charge in [0.2, 0.25) is 5.88 Å². The molecule has 10 heteroatoms. The summed E-state index contributed by atoms with van der Waals surface area (Å²) in [5.74, 6) is 1.28. The Balaban J connectivity index is 1.71. The van der Waals surface area contributed by atoms with Crippen LogP contribution in [0.25, 0.3) is 22.1 Å². The van der Waals surface area contributed by atoms with Gasteiger partial charge in [0.15, 0.2) is 5.82 Å². The largest absolute Gasteiger partial charge is 0.438 e. The molecule has 9 nitrogen and oxygen atoms in total. The van der Waals surface area contributed by atoms with E-state index >= 15 is 0 Å². The SMILES string of the molecule is Cn1nc(-c2nccs2)cc1Oc1cc(C#N)ccc1-c1ncc([C@H](O)CN)cn1.